The minimum Gasteiger partial charge on any atom is -0.448 e. The van der Waals surface area contributed by atoms with E-state index in [0.29, 0.717) is 18.3 Å². The SMILES string of the molecule is Cn1ccnc1CNCc1ccc(Cl)o1. The van der Waals surface area contributed by atoms with Crippen LogP contribution in [0.2, 0.25) is 5.22 Å². The zero-order chi connectivity index (χ0) is 10.7. The van der Waals surface area contributed by atoms with E-state index in [2.05, 4.69) is 10.3 Å². The lowest BCUT2D eigenvalue weighted by Crippen LogP contribution is -2.15. The highest BCUT2D eigenvalue weighted by Crippen LogP contribution is 2.12. The molecule has 0 saturated heterocycles. The highest BCUT2D eigenvalue weighted by atomic mass is 35.5. The van der Waals surface area contributed by atoms with Crippen LogP contribution in [0.5, 0.6) is 0 Å². The minimum absolute atomic E-state index is 0.420. The van der Waals surface area contributed by atoms with E-state index in [1.807, 2.05) is 23.9 Å². The van der Waals surface area contributed by atoms with Crippen LogP contribution < -0.4 is 5.32 Å². The van der Waals surface area contributed by atoms with Gasteiger partial charge in [0, 0.05) is 19.4 Å². The number of hydrogen-bond acceptors (Lipinski definition) is 3. The molecular formula is C10H12ClN3O. The molecule has 80 valence electrons. The Bertz CT molecular complexity index is 435. The Morgan fingerprint density at radius 1 is 1.47 bits per heavy atom. The summed E-state index contributed by atoms with van der Waals surface area (Å²) in [6.07, 6.45) is 3.70. The third kappa shape index (κ3) is 2.61. The van der Waals surface area contributed by atoms with Crippen LogP contribution in [-0.4, -0.2) is 9.55 Å². The number of hydrogen-bond donors (Lipinski definition) is 1. The maximum atomic E-state index is 5.65. The van der Waals surface area contributed by atoms with E-state index in [0.717, 1.165) is 11.6 Å². The Balaban J connectivity index is 1.83. The first kappa shape index (κ1) is 10.3. The highest BCUT2D eigenvalue weighted by molar-refractivity contribution is 6.28. The Kier molecular flexibility index (Phi) is 3.08. The molecule has 0 aliphatic rings. The van der Waals surface area contributed by atoms with Gasteiger partial charge in [-0.15, -0.1) is 0 Å². The molecule has 4 nitrogen and oxygen atoms in total. The van der Waals surface area contributed by atoms with Crippen molar-refractivity contribution in [1.82, 2.24) is 14.9 Å². The number of aromatic nitrogens is 2. The van der Waals surface area contributed by atoms with Gasteiger partial charge in [-0.3, -0.25) is 0 Å². The molecule has 0 atom stereocenters. The molecule has 0 amide bonds. The van der Waals surface area contributed by atoms with Crippen molar-refractivity contribution in [3.63, 3.8) is 0 Å². The summed E-state index contributed by atoms with van der Waals surface area (Å²) in [6.45, 7) is 1.36. The number of furan rings is 1. The predicted molar refractivity (Wildman–Crippen MR) is 57.5 cm³/mol. The summed E-state index contributed by atoms with van der Waals surface area (Å²) in [5.74, 6) is 1.82. The molecule has 0 spiro atoms. The molecule has 0 unspecified atom stereocenters. The standard InChI is InChI=1S/C10H12ClN3O/c1-14-5-4-13-10(14)7-12-6-8-2-3-9(11)15-8/h2-5,12H,6-7H2,1H3. The van der Waals surface area contributed by atoms with Crippen LogP contribution in [0.25, 0.3) is 0 Å². The second kappa shape index (κ2) is 4.51. The second-order valence-corrected chi connectivity index (χ2v) is 3.64. The van der Waals surface area contributed by atoms with Gasteiger partial charge in [0.2, 0.25) is 0 Å². The van der Waals surface area contributed by atoms with Gasteiger partial charge in [0.05, 0.1) is 13.1 Å². The zero-order valence-corrected chi connectivity index (χ0v) is 9.16. The van der Waals surface area contributed by atoms with Gasteiger partial charge in [-0.2, -0.15) is 0 Å². The fourth-order valence-corrected chi connectivity index (χ4v) is 1.47. The van der Waals surface area contributed by atoms with Gasteiger partial charge in [0.25, 0.3) is 0 Å². The normalized spacial score (nSPS) is 10.8. The fraction of sp³-hybridized carbons (Fsp3) is 0.300. The predicted octanol–water partition coefficient (Wildman–Crippen LogP) is 1.96. The first-order valence-electron chi connectivity index (χ1n) is 4.67. The average molecular weight is 226 g/mol. The van der Waals surface area contributed by atoms with Crippen molar-refractivity contribution < 1.29 is 4.42 Å². The molecule has 0 bridgehead atoms. The Hall–Kier alpha value is -1.26. The summed E-state index contributed by atoms with van der Waals surface area (Å²) >= 11 is 5.65. The van der Waals surface area contributed by atoms with E-state index < -0.39 is 0 Å². The first-order chi connectivity index (χ1) is 7.25. The van der Waals surface area contributed by atoms with E-state index in [4.69, 9.17) is 16.0 Å². The number of halogens is 1. The molecular weight excluding hydrogens is 214 g/mol. The van der Waals surface area contributed by atoms with Crippen molar-refractivity contribution in [1.29, 1.82) is 0 Å². The molecule has 0 radical (unpaired) electrons. The monoisotopic (exact) mass is 225 g/mol. The molecule has 0 aromatic carbocycles. The molecule has 1 N–H and O–H groups in total. The molecule has 5 heteroatoms. The van der Waals surface area contributed by atoms with E-state index in [-0.39, 0.29) is 0 Å². The zero-order valence-electron chi connectivity index (χ0n) is 8.40. The first-order valence-corrected chi connectivity index (χ1v) is 5.04. The van der Waals surface area contributed by atoms with Crippen molar-refractivity contribution in [2.45, 2.75) is 13.1 Å². The number of nitrogens with one attached hydrogen (secondary N) is 1. The van der Waals surface area contributed by atoms with Crippen LogP contribution in [0.4, 0.5) is 0 Å². The molecule has 0 fully saturated rings. The molecule has 2 heterocycles. The van der Waals surface area contributed by atoms with Crippen LogP contribution in [0.3, 0.4) is 0 Å². The van der Waals surface area contributed by atoms with E-state index >= 15 is 0 Å². The van der Waals surface area contributed by atoms with Crippen molar-refractivity contribution in [2.24, 2.45) is 7.05 Å². The van der Waals surface area contributed by atoms with Crippen molar-refractivity contribution >= 4 is 11.6 Å². The third-order valence-corrected chi connectivity index (χ3v) is 2.34. The summed E-state index contributed by atoms with van der Waals surface area (Å²) in [7, 11) is 1.97. The maximum Gasteiger partial charge on any atom is 0.193 e. The van der Waals surface area contributed by atoms with Crippen molar-refractivity contribution in [2.75, 3.05) is 0 Å². The number of aryl methyl sites for hydroxylation is 1. The van der Waals surface area contributed by atoms with Gasteiger partial charge in [0.15, 0.2) is 5.22 Å². The number of nitrogens with zero attached hydrogens (tertiary/aromatic N) is 2. The molecule has 2 aromatic heterocycles. The van der Waals surface area contributed by atoms with Crippen molar-refractivity contribution in [3.05, 3.63) is 41.3 Å². The summed E-state index contributed by atoms with van der Waals surface area (Å²) in [5.41, 5.74) is 0. The lowest BCUT2D eigenvalue weighted by Gasteiger charge is -2.02. The smallest absolute Gasteiger partial charge is 0.193 e. The number of rotatable bonds is 4. The van der Waals surface area contributed by atoms with E-state index in [9.17, 15) is 0 Å². The quantitative estimate of drug-likeness (QED) is 0.865. The molecule has 15 heavy (non-hydrogen) atoms. The van der Waals surface area contributed by atoms with E-state index in [1.165, 1.54) is 0 Å². The Morgan fingerprint density at radius 3 is 2.93 bits per heavy atom. The van der Waals surface area contributed by atoms with Gasteiger partial charge < -0.3 is 14.3 Å². The van der Waals surface area contributed by atoms with Crippen LogP contribution in [0, 0.1) is 0 Å². The second-order valence-electron chi connectivity index (χ2n) is 3.26. The molecule has 0 saturated carbocycles. The van der Waals surface area contributed by atoms with Gasteiger partial charge >= 0.3 is 0 Å². The lowest BCUT2D eigenvalue weighted by molar-refractivity contribution is 0.480. The third-order valence-electron chi connectivity index (χ3n) is 2.13. The molecule has 2 rings (SSSR count). The Labute approximate surface area is 92.9 Å². The Morgan fingerprint density at radius 2 is 2.33 bits per heavy atom. The lowest BCUT2D eigenvalue weighted by atomic mass is 10.4. The van der Waals surface area contributed by atoms with Crippen LogP contribution in [0.1, 0.15) is 11.6 Å². The fourth-order valence-electron chi connectivity index (χ4n) is 1.31. The molecule has 2 aromatic rings. The average Bonchev–Trinajstić information content (AvgIpc) is 2.77. The van der Waals surface area contributed by atoms with Gasteiger partial charge in [-0.1, -0.05) is 0 Å². The maximum absolute atomic E-state index is 5.65. The van der Waals surface area contributed by atoms with Crippen molar-refractivity contribution in [3.8, 4) is 0 Å². The number of imidazole rings is 1. The molecule has 0 aliphatic heterocycles. The summed E-state index contributed by atoms with van der Waals surface area (Å²) in [6, 6.07) is 3.59. The molecule has 0 aliphatic carbocycles. The van der Waals surface area contributed by atoms with Crippen LogP contribution in [0.15, 0.2) is 28.9 Å². The topological polar surface area (TPSA) is 43.0 Å². The van der Waals surface area contributed by atoms with Gasteiger partial charge in [0.1, 0.15) is 11.6 Å². The summed E-state index contributed by atoms with van der Waals surface area (Å²) < 4.78 is 7.18. The minimum atomic E-state index is 0.420. The van der Waals surface area contributed by atoms with Crippen LogP contribution in [-0.2, 0) is 20.1 Å². The van der Waals surface area contributed by atoms with Gasteiger partial charge in [-0.25, -0.2) is 4.98 Å². The van der Waals surface area contributed by atoms with Crippen LogP contribution >= 0.6 is 11.6 Å². The van der Waals surface area contributed by atoms with Gasteiger partial charge in [-0.05, 0) is 23.7 Å². The summed E-state index contributed by atoms with van der Waals surface area (Å²) in [5, 5.41) is 3.64. The highest BCUT2D eigenvalue weighted by Gasteiger charge is 2.01. The van der Waals surface area contributed by atoms with E-state index in [1.54, 1.807) is 12.3 Å². The largest absolute Gasteiger partial charge is 0.448 e. The summed E-state index contributed by atoms with van der Waals surface area (Å²) in [4.78, 5) is 4.20.